The van der Waals surface area contributed by atoms with Gasteiger partial charge in [0.2, 0.25) is 0 Å². The molecule has 0 N–H and O–H groups in total. The van der Waals surface area contributed by atoms with Gasteiger partial charge in [0.15, 0.2) is 6.61 Å². The smallest absolute Gasteiger partial charge is 0.338 e. The topological polar surface area (TPSA) is 46.6 Å². The van der Waals surface area contributed by atoms with Gasteiger partial charge in [-0.1, -0.05) is 35.9 Å². The van der Waals surface area contributed by atoms with Crippen molar-refractivity contribution >= 4 is 29.2 Å². The molecule has 2 rings (SSSR count). The molecule has 0 aliphatic rings. The van der Waals surface area contributed by atoms with E-state index in [0.717, 1.165) is 5.69 Å². The van der Waals surface area contributed by atoms with Crippen LogP contribution in [0, 0.1) is 0 Å². The highest BCUT2D eigenvalue weighted by Gasteiger charge is 2.14. The average molecular weight is 304 g/mol. The molecule has 0 saturated heterocycles. The van der Waals surface area contributed by atoms with E-state index >= 15 is 0 Å². The second-order valence-corrected chi connectivity index (χ2v) is 4.81. The molecule has 2 aromatic carbocycles. The minimum atomic E-state index is -0.577. The lowest BCUT2D eigenvalue weighted by Gasteiger charge is -2.17. The summed E-state index contributed by atoms with van der Waals surface area (Å²) >= 11 is 5.80. The van der Waals surface area contributed by atoms with E-state index in [0.29, 0.717) is 10.6 Å². The van der Waals surface area contributed by atoms with Crippen LogP contribution in [0.3, 0.4) is 0 Å². The van der Waals surface area contributed by atoms with Gasteiger partial charge in [-0.15, -0.1) is 0 Å². The number of anilines is 1. The highest BCUT2D eigenvalue weighted by molar-refractivity contribution is 6.30. The van der Waals surface area contributed by atoms with Gasteiger partial charge in [-0.3, -0.25) is 4.79 Å². The monoisotopic (exact) mass is 303 g/mol. The van der Waals surface area contributed by atoms with Gasteiger partial charge in [0, 0.05) is 17.8 Å². The lowest BCUT2D eigenvalue weighted by Crippen LogP contribution is -2.31. The van der Waals surface area contributed by atoms with Gasteiger partial charge in [-0.2, -0.15) is 0 Å². The molecule has 21 heavy (non-hydrogen) atoms. The molecule has 5 heteroatoms. The van der Waals surface area contributed by atoms with E-state index in [1.165, 1.54) is 11.0 Å². The molecule has 0 aliphatic carbocycles. The lowest BCUT2D eigenvalue weighted by atomic mass is 10.2. The van der Waals surface area contributed by atoms with Crippen molar-refractivity contribution in [1.82, 2.24) is 0 Å². The molecule has 0 atom stereocenters. The van der Waals surface area contributed by atoms with E-state index in [1.807, 2.05) is 18.2 Å². The number of hydrogen-bond acceptors (Lipinski definition) is 3. The van der Waals surface area contributed by atoms with Gasteiger partial charge in [0.1, 0.15) is 0 Å². The first-order chi connectivity index (χ1) is 10.1. The van der Waals surface area contributed by atoms with Crippen LogP contribution in [-0.2, 0) is 9.53 Å². The number of ether oxygens (including phenoxy) is 1. The number of amides is 1. The first-order valence-corrected chi connectivity index (χ1v) is 6.70. The van der Waals surface area contributed by atoms with Crippen molar-refractivity contribution in [3.05, 3.63) is 65.2 Å². The van der Waals surface area contributed by atoms with E-state index in [4.69, 9.17) is 16.3 Å². The molecule has 0 heterocycles. The number of likely N-dealkylation sites (N-methyl/N-ethyl adjacent to an activating group) is 1. The van der Waals surface area contributed by atoms with Gasteiger partial charge in [-0.25, -0.2) is 4.79 Å². The van der Waals surface area contributed by atoms with Crippen LogP contribution in [0.5, 0.6) is 0 Å². The second kappa shape index (κ2) is 6.90. The second-order valence-electron chi connectivity index (χ2n) is 4.37. The number of rotatable bonds is 4. The average Bonchev–Trinajstić information content (AvgIpc) is 2.52. The summed E-state index contributed by atoms with van der Waals surface area (Å²) in [6, 6.07) is 15.5. The molecule has 4 nitrogen and oxygen atoms in total. The molecule has 0 aromatic heterocycles. The van der Waals surface area contributed by atoms with Crippen molar-refractivity contribution in [3.63, 3.8) is 0 Å². The van der Waals surface area contributed by atoms with E-state index in [2.05, 4.69) is 0 Å². The number of hydrogen-bond donors (Lipinski definition) is 0. The van der Waals surface area contributed by atoms with Crippen molar-refractivity contribution in [2.75, 3.05) is 18.6 Å². The summed E-state index contributed by atoms with van der Waals surface area (Å²) in [6.07, 6.45) is 0. The van der Waals surface area contributed by atoms with Crippen molar-refractivity contribution in [2.45, 2.75) is 0 Å². The Hall–Kier alpha value is -2.33. The summed E-state index contributed by atoms with van der Waals surface area (Å²) in [7, 11) is 1.63. The molecule has 2 aromatic rings. The lowest BCUT2D eigenvalue weighted by molar-refractivity contribution is -0.121. The van der Waals surface area contributed by atoms with Crippen molar-refractivity contribution < 1.29 is 14.3 Å². The number of nitrogens with zero attached hydrogens (tertiary/aromatic N) is 1. The van der Waals surface area contributed by atoms with E-state index < -0.39 is 5.97 Å². The summed E-state index contributed by atoms with van der Waals surface area (Å²) in [4.78, 5) is 25.2. The molecule has 0 radical (unpaired) electrons. The first-order valence-electron chi connectivity index (χ1n) is 6.32. The molecule has 1 amide bonds. The molecule has 0 unspecified atom stereocenters. The number of carbonyl (C=O) groups excluding carboxylic acids is 2. The Morgan fingerprint density at radius 3 is 2.48 bits per heavy atom. The molecule has 108 valence electrons. The maximum atomic E-state index is 12.0. The Balaban J connectivity index is 1.93. The fourth-order valence-corrected chi connectivity index (χ4v) is 1.91. The third-order valence-corrected chi connectivity index (χ3v) is 3.14. The Labute approximate surface area is 127 Å². The van der Waals surface area contributed by atoms with Crippen LogP contribution in [0.2, 0.25) is 5.02 Å². The third-order valence-electron chi connectivity index (χ3n) is 2.90. The van der Waals surface area contributed by atoms with Gasteiger partial charge in [-0.05, 0) is 30.3 Å². The number of benzene rings is 2. The quantitative estimate of drug-likeness (QED) is 0.815. The molecule has 0 saturated carbocycles. The minimum Gasteiger partial charge on any atom is -0.452 e. The number of esters is 1. The predicted molar refractivity (Wildman–Crippen MR) is 81.6 cm³/mol. The van der Waals surface area contributed by atoms with E-state index in [9.17, 15) is 9.59 Å². The van der Waals surface area contributed by atoms with E-state index in [1.54, 1.807) is 37.4 Å². The van der Waals surface area contributed by atoms with Gasteiger partial charge in [0.25, 0.3) is 5.91 Å². The normalized spacial score (nSPS) is 10.0. The summed E-state index contributed by atoms with van der Waals surface area (Å²) in [6.45, 7) is -0.323. The van der Waals surface area contributed by atoms with Crippen molar-refractivity contribution in [1.29, 1.82) is 0 Å². The Morgan fingerprint density at radius 1 is 1.10 bits per heavy atom. The van der Waals surface area contributed by atoms with Crippen molar-refractivity contribution in [3.8, 4) is 0 Å². The van der Waals surface area contributed by atoms with Gasteiger partial charge in [0.05, 0.1) is 5.56 Å². The molecule has 0 bridgehead atoms. The Bertz CT molecular complexity index is 643. The van der Waals surface area contributed by atoms with Crippen LogP contribution in [-0.4, -0.2) is 25.5 Å². The maximum absolute atomic E-state index is 12.0. The maximum Gasteiger partial charge on any atom is 0.338 e. The van der Waals surface area contributed by atoms with Gasteiger partial charge < -0.3 is 9.64 Å². The molecule has 0 aliphatic heterocycles. The van der Waals surface area contributed by atoms with Crippen LogP contribution in [0.25, 0.3) is 0 Å². The largest absolute Gasteiger partial charge is 0.452 e. The summed E-state index contributed by atoms with van der Waals surface area (Å²) < 4.78 is 5.00. The molecular formula is C16H14ClNO3. The van der Waals surface area contributed by atoms with Crippen LogP contribution in [0.1, 0.15) is 10.4 Å². The van der Waals surface area contributed by atoms with Crippen LogP contribution < -0.4 is 4.90 Å². The van der Waals surface area contributed by atoms with Crippen LogP contribution in [0.4, 0.5) is 5.69 Å². The number of carbonyl (C=O) groups is 2. The zero-order valence-electron chi connectivity index (χ0n) is 11.5. The molecule has 0 spiro atoms. The number of halogens is 1. The highest BCUT2D eigenvalue weighted by Crippen LogP contribution is 2.13. The zero-order chi connectivity index (χ0) is 15.2. The fourth-order valence-electron chi connectivity index (χ4n) is 1.72. The SMILES string of the molecule is CN(C(=O)COC(=O)c1cccc(Cl)c1)c1ccccc1. The fraction of sp³-hybridized carbons (Fsp3) is 0.125. The van der Waals surface area contributed by atoms with Crippen molar-refractivity contribution in [2.24, 2.45) is 0 Å². The highest BCUT2D eigenvalue weighted by atomic mass is 35.5. The Kier molecular flexibility index (Phi) is 4.95. The Morgan fingerprint density at radius 2 is 1.81 bits per heavy atom. The molecular weight excluding hydrogens is 290 g/mol. The van der Waals surface area contributed by atoms with E-state index in [-0.39, 0.29) is 12.5 Å². The third kappa shape index (κ3) is 4.07. The summed E-state index contributed by atoms with van der Waals surface area (Å²) in [5.74, 6) is -0.885. The van der Waals surface area contributed by atoms with Crippen LogP contribution >= 0.6 is 11.6 Å². The molecule has 0 fully saturated rings. The minimum absolute atomic E-state index is 0.309. The number of para-hydroxylation sites is 1. The summed E-state index contributed by atoms with van der Waals surface area (Å²) in [5.41, 5.74) is 1.05. The predicted octanol–water partition coefficient (Wildman–Crippen LogP) is 3.16. The summed E-state index contributed by atoms with van der Waals surface area (Å²) in [5, 5.41) is 0.442. The first kappa shape index (κ1) is 15.1. The zero-order valence-corrected chi connectivity index (χ0v) is 12.2. The van der Waals surface area contributed by atoms with Crippen LogP contribution in [0.15, 0.2) is 54.6 Å². The van der Waals surface area contributed by atoms with Gasteiger partial charge >= 0.3 is 5.97 Å². The standard InChI is InChI=1S/C16H14ClNO3/c1-18(14-8-3-2-4-9-14)15(19)11-21-16(20)12-6-5-7-13(17)10-12/h2-10H,11H2,1H3.